The van der Waals surface area contributed by atoms with Crippen molar-refractivity contribution >= 4 is 65.4 Å². The Kier molecular flexibility index (Phi) is 13.5. The van der Waals surface area contributed by atoms with E-state index in [9.17, 15) is 28.7 Å². The second-order valence-electron chi connectivity index (χ2n) is 12.3. The molecule has 4 aromatic rings. The lowest BCUT2D eigenvalue weighted by Crippen LogP contribution is -2.39. The molecule has 1 amide bonds. The number of nitrogens with zero attached hydrogens (tertiary/aromatic N) is 5. The Balaban J connectivity index is 0.000000202. The minimum absolute atomic E-state index is 0.0352. The van der Waals surface area contributed by atoms with Crippen molar-refractivity contribution in [1.82, 2.24) is 14.3 Å². The maximum absolute atomic E-state index is 14.5. The molecule has 0 atom stereocenters. The highest BCUT2D eigenvalue weighted by Gasteiger charge is 2.31. The highest BCUT2D eigenvalue weighted by molar-refractivity contribution is 7.51. The van der Waals surface area contributed by atoms with Crippen LogP contribution >= 0.6 is 30.7 Å². The van der Waals surface area contributed by atoms with Crippen LogP contribution in [0.3, 0.4) is 0 Å². The maximum atomic E-state index is 14.5. The first kappa shape index (κ1) is 41.4. The van der Waals surface area contributed by atoms with Crippen LogP contribution in [0.2, 0.25) is 5.02 Å². The molecule has 17 nitrogen and oxygen atoms in total. The molecule has 6 N–H and O–H groups in total. The van der Waals surface area contributed by atoms with Crippen molar-refractivity contribution in [3.05, 3.63) is 86.2 Å². The Morgan fingerprint density at radius 1 is 1.30 bits per heavy atom. The monoisotopic (exact) mass is 805 g/mol. The zero-order chi connectivity index (χ0) is 39.8. The number of halogens is 2. The zero-order valence-electron chi connectivity index (χ0n) is 28.6. The fourth-order valence-electron chi connectivity index (χ4n) is 4.97. The van der Waals surface area contributed by atoms with Crippen molar-refractivity contribution in [2.24, 2.45) is 10.4 Å². The van der Waals surface area contributed by atoms with Gasteiger partial charge in [0.05, 0.1) is 30.0 Å². The number of carbonyl (C=O) groups is 2. The van der Waals surface area contributed by atoms with Crippen LogP contribution in [0.1, 0.15) is 19.7 Å². The van der Waals surface area contributed by atoms with Crippen LogP contribution in [0.5, 0.6) is 17.2 Å². The molecule has 3 heterocycles. The number of nitrogen functional groups attached to an aromatic ring is 1. The quantitative estimate of drug-likeness (QED) is 0.0508. The fraction of sp³-hybridized carbons (Fsp3) is 0.273. The van der Waals surface area contributed by atoms with Gasteiger partial charge in [0.15, 0.2) is 12.4 Å². The first-order chi connectivity index (χ1) is 25.4. The van der Waals surface area contributed by atoms with Gasteiger partial charge in [0, 0.05) is 36.6 Å². The number of aliphatic carboxylic acids is 1. The molecule has 3 aromatic carbocycles. The largest absolute Gasteiger partial charge is 0.481 e. The van der Waals surface area contributed by atoms with E-state index in [1.807, 2.05) is 10.6 Å². The number of anilines is 2. The molecule has 0 fully saturated rings. The second-order valence-corrected chi connectivity index (χ2v) is 15.0. The summed E-state index contributed by atoms with van der Waals surface area (Å²) in [5, 5.41) is 20.8. The predicted molar refractivity (Wildman–Crippen MR) is 197 cm³/mol. The predicted octanol–water partition coefficient (Wildman–Crippen LogP) is 4.68. The van der Waals surface area contributed by atoms with Gasteiger partial charge in [0.1, 0.15) is 39.5 Å². The number of fused-ring (bicyclic) bond motifs is 2. The van der Waals surface area contributed by atoms with Gasteiger partial charge in [0.25, 0.3) is 11.6 Å². The van der Waals surface area contributed by atoms with Gasteiger partial charge in [-0.3, -0.25) is 34.5 Å². The number of carboxylic acids is 1. The number of ether oxygens (including phenoxy) is 2. The average molecular weight is 806 g/mol. The standard InChI is InChI=1S/C18H17FN4O2S.C12H9ClN2O3.C3H8NO5P/c1-4-5-22-13-7-12(11(19)6-14(13)25-9-16(22)24)20-17-23-10-18(2,3)8-15(23)21-26-17;13-11-10(18-8-4-2-1-3-5-8)7-6-9(12(11)14)15(16)17;5-3(6)1-4-2-10(7,8)9/h1,6-7H,5,8-10H2,2-3H3;1-7H,14H2;4H,1-2H2,(H,5,6)(H2,7,8,9). The first-order valence-corrected chi connectivity index (χ1v) is 18.6. The Morgan fingerprint density at radius 3 is 2.63 bits per heavy atom. The number of nitrogens with two attached hydrogens (primary N) is 1. The number of carboxylic acid groups (broad SMARTS) is 1. The number of nitro benzene ring substituents is 1. The second kappa shape index (κ2) is 17.6. The van der Waals surface area contributed by atoms with Gasteiger partial charge in [0.2, 0.25) is 4.80 Å². The molecule has 0 saturated carbocycles. The van der Waals surface area contributed by atoms with Gasteiger partial charge in [-0.25, -0.2) is 9.38 Å². The van der Waals surface area contributed by atoms with Crippen molar-refractivity contribution < 1.29 is 47.8 Å². The van der Waals surface area contributed by atoms with Gasteiger partial charge in [-0.05, 0) is 29.7 Å². The normalized spacial score (nSPS) is 14.3. The van der Waals surface area contributed by atoms with Gasteiger partial charge in [-0.1, -0.05) is 49.6 Å². The molecule has 2 aliphatic rings. The summed E-state index contributed by atoms with van der Waals surface area (Å²) < 4.78 is 41.9. The summed E-state index contributed by atoms with van der Waals surface area (Å²) in [6.45, 7) is 4.61. The highest BCUT2D eigenvalue weighted by Crippen LogP contribution is 2.39. The number of hydrogen-bond donors (Lipinski definition) is 5. The smallest absolute Gasteiger partial charge is 0.339 e. The Morgan fingerprint density at radius 2 is 2.00 bits per heavy atom. The molecule has 6 rings (SSSR count). The van der Waals surface area contributed by atoms with Crippen molar-refractivity contribution in [3.8, 4) is 29.6 Å². The number of rotatable bonds is 9. The number of nitrogens with one attached hydrogen (secondary N) is 1. The van der Waals surface area contributed by atoms with Gasteiger partial charge in [-0.2, -0.15) is 4.37 Å². The van der Waals surface area contributed by atoms with Crippen LogP contribution in [0.25, 0.3) is 0 Å². The number of amides is 1. The molecular formula is C33H34ClFN7O10PS. The number of hydrogen-bond acceptors (Lipinski definition) is 12. The number of benzene rings is 3. The molecule has 0 unspecified atom stereocenters. The minimum atomic E-state index is -4.10. The number of carbonyl (C=O) groups excluding carboxylic acids is 1. The van der Waals surface area contributed by atoms with E-state index in [0.29, 0.717) is 22.0 Å². The van der Waals surface area contributed by atoms with Gasteiger partial charge in [-0.15, -0.1) is 6.42 Å². The van der Waals surface area contributed by atoms with Crippen molar-refractivity contribution in [3.63, 3.8) is 0 Å². The molecule has 286 valence electrons. The molecule has 54 heavy (non-hydrogen) atoms. The van der Waals surface area contributed by atoms with E-state index in [1.165, 1.54) is 40.7 Å². The van der Waals surface area contributed by atoms with Crippen LogP contribution in [0.4, 0.5) is 27.1 Å². The summed E-state index contributed by atoms with van der Waals surface area (Å²) >= 11 is 7.18. The number of nitro groups is 1. The van der Waals surface area contributed by atoms with Crippen molar-refractivity contribution in [1.29, 1.82) is 0 Å². The Labute approximate surface area is 316 Å². The molecule has 1 aromatic heterocycles. The van der Waals surface area contributed by atoms with E-state index in [-0.39, 0.29) is 52.3 Å². The van der Waals surface area contributed by atoms with E-state index >= 15 is 0 Å². The number of aromatic nitrogens is 2. The molecule has 0 aliphatic carbocycles. The molecule has 0 radical (unpaired) electrons. The van der Waals surface area contributed by atoms with E-state index in [1.54, 1.807) is 24.3 Å². The molecule has 0 spiro atoms. The summed E-state index contributed by atoms with van der Waals surface area (Å²) in [5.74, 6) is 2.64. The minimum Gasteiger partial charge on any atom is -0.481 e. The molecule has 2 aliphatic heterocycles. The van der Waals surface area contributed by atoms with Crippen LogP contribution in [0.15, 0.2) is 59.6 Å². The van der Waals surface area contributed by atoms with Crippen LogP contribution in [-0.2, 0) is 27.1 Å². The molecule has 0 bridgehead atoms. The molecule has 21 heteroatoms. The average Bonchev–Trinajstić information content (AvgIpc) is 3.60. The van der Waals surface area contributed by atoms with Gasteiger partial charge >= 0.3 is 13.6 Å². The maximum Gasteiger partial charge on any atom is 0.339 e. The lowest BCUT2D eigenvalue weighted by atomic mass is 9.92. The Bertz CT molecular complexity index is 2210. The lowest BCUT2D eigenvalue weighted by Gasteiger charge is -2.28. The SMILES string of the molecule is C#CCN1C(=O)COc2cc(F)c(N=c3snc4n3CC(C)(C)C4)cc21.Nc1c([N+](=O)[O-])ccc(Oc2ccccc2)c1Cl.O=C(O)CNCP(=O)(O)O. The summed E-state index contributed by atoms with van der Waals surface area (Å²) in [6, 6.07) is 14.4. The summed E-state index contributed by atoms with van der Waals surface area (Å²) in [4.78, 5) is 54.8. The summed E-state index contributed by atoms with van der Waals surface area (Å²) in [7, 11) is -4.10. The fourth-order valence-corrected chi connectivity index (χ4v) is 6.33. The lowest BCUT2D eigenvalue weighted by molar-refractivity contribution is -0.383. The van der Waals surface area contributed by atoms with Crippen LogP contribution < -0.4 is 30.2 Å². The van der Waals surface area contributed by atoms with Crippen molar-refractivity contribution in [2.75, 3.05) is 36.6 Å². The molecular weight excluding hydrogens is 772 g/mol. The van der Waals surface area contributed by atoms with E-state index < -0.39 is 37.1 Å². The topological polar surface area (TPSA) is 245 Å². The third-order valence-corrected chi connectivity index (χ3v) is 9.12. The van der Waals surface area contributed by atoms with E-state index in [2.05, 4.69) is 34.5 Å². The molecule has 0 saturated heterocycles. The third kappa shape index (κ3) is 11.1. The van der Waals surface area contributed by atoms with Gasteiger partial charge < -0.3 is 34.7 Å². The first-order valence-electron chi connectivity index (χ1n) is 15.6. The van der Waals surface area contributed by atoms with Crippen LogP contribution in [-0.4, -0.2) is 66.6 Å². The summed E-state index contributed by atoms with van der Waals surface area (Å²) in [5.41, 5.74) is 5.92. The summed E-state index contributed by atoms with van der Waals surface area (Å²) in [6.07, 6.45) is 5.62. The number of terminal acetylenes is 1. The van der Waals surface area contributed by atoms with Crippen LogP contribution in [0, 0.1) is 33.7 Å². The van der Waals surface area contributed by atoms with E-state index in [4.69, 9.17) is 48.1 Å². The zero-order valence-corrected chi connectivity index (χ0v) is 31.1. The number of para-hydroxylation sites is 1. The van der Waals surface area contributed by atoms with Crippen molar-refractivity contribution in [2.45, 2.75) is 26.8 Å². The van der Waals surface area contributed by atoms with E-state index in [0.717, 1.165) is 18.8 Å². The Hall–Kier alpha value is -5.35. The highest BCUT2D eigenvalue weighted by atomic mass is 35.5. The third-order valence-electron chi connectivity index (χ3n) is 7.32.